The zero-order valence-electron chi connectivity index (χ0n) is 16.6. The molecule has 0 amide bonds. The van der Waals surface area contributed by atoms with Gasteiger partial charge in [0.25, 0.3) is 0 Å². The highest BCUT2D eigenvalue weighted by molar-refractivity contribution is 9.10. The molecule has 0 aliphatic carbocycles. The maximum Gasteiger partial charge on any atom is 0.344 e. The minimum Gasteiger partial charge on any atom is -0.496 e. The minimum atomic E-state index is -0.461. The van der Waals surface area contributed by atoms with Crippen molar-refractivity contribution in [1.82, 2.24) is 0 Å². The van der Waals surface area contributed by atoms with Crippen LogP contribution in [0.5, 0.6) is 17.2 Å². The molecule has 29 heavy (non-hydrogen) atoms. The number of fused-ring (bicyclic) bond motifs is 1. The highest BCUT2D eigenvalue weighted by atomic mass is 79.9. The first-order chi connectivity index (χ1) is 13.8. The summed E-state index contributed by atoms with van der Waals surface area (Å²) in [6.07, 6.45) is 1.43. The molecule has 0 aromatic heterocycles. The summed E-state index contributed by atoms with van der Waals surface area (Å²) in [5.74, 6) is 0.953. The van der Waals surface area contributed by atoms with Gasteiger partial charge in [0.2, 0.25) is 5.78 Å². The van der Waals surface area contributed by atoms with Crippen LogP contribution in [0.3, 0.4) is 0 Å². The highest BCUT2D eigenvalue weighted by Gasteiger charge is 2.30. The lowest BCUT2D eigenvalue weighted by Gasteiger charge is -2.10. The third-order valence-electron chi connectivity index (χ3n) is 4.15. The number of Topliss-reactive ketones (excluding diaryl/α,β-unsaturated/α-hetero) is 1. The number of carbonyl (C=O) groups excluding carboxylic acids is 2. The SMILES string of the molecule is COc1ccc(Br)cc1/C=C1\Oc2cc(OCC(=O)OC(C)C)cc(C)c2C1=O. The van der Waals surface area contributed by atoms with Crippen LogP contribution in [-0.2, 0) is 9.53 Å². The Morgan fingerprint density at radius 3 is 2.69 bits per heavy atom. The van der Waals surface area contributed by atoms with Crippen molar-refractivity contribution >= 4 is 33.8 Å². The summed E-state index contributed by atoms with van der Waals surface area (Å²) in [7, 11) is 1.56. The number of ether oxygens (including phenoxy) is 4. The number of ketones is 1. The number of benzene rings is 2. The van der Waals surface area contributed by atoms with Crippen molar-refractivity contribution in [1.29, 1.82) is 0 Å². The summed E-state index contributed by atoms with van der Waals surface area (Å²) in [4.78, 5) is 24.5. The molecule has 6 nitrogen and oxygen atoms in total. The highest BCUT2D eigenvalue weighted by Crippen LogP contribution is 2.38. The van der Waals surface area contributed by atoms with Crippen molar-refractivity contribution in [3.63, 3.8) is 0 Å². The van der Waals surface area contributed by atoms with Gasteiger partial charge in [0, 0.05) is 16.1 Å². The molecule has 0 saturated carbocycles. The van der Waals surface area contributed by atoms with Crippen LogP contribution in [-0.4, -0.2) is 31.6 Å². The van der Waals surface area contributed by atoms with E-state index in [1.54, 1.807) is 52.2 Å². The molecule has 1 heterocycles. The molecule has 0 atom stereocenters. The monoisotopic (exact) mass is 460 g/mol. The number of esters is 1. The second-order valence-electron chi connectivity index (χ2n) is 6.77. The van der Waals surface area contributed by atoms with E-state index in [1.807, 2.05) is 12.1 Å². The number of aryl methyl sites for hydroxylation is 1. The van der Waals surface area contributed by atoms with Crippen LogP contribution in [0.2, 0.25) is 0 Å². The average Bonchev–Trinajstić information content (AvgIpc) is 2.95. The fourth-order valence-electron chi connectivity index (χ4n) is 2.96. The van der Waals surface area contributed by atoms with Crippen molar-refractivity contribution in [2.45, 2.75) is 26.9 Å². The van der Waals surface area contributed by atoms with Gasteiger partial charge in [-0.25, -0.2) is 4.79 Å². The Labute approximate surface area is 177 Å². The first-order valence-corrected chi connectivity index (χ1v) is 9.82. The molecule has 152 valence electrons. The van der Waals surface area contributed by atoms with Crippen LogP contribution in [0.15, 0.2) is 40.6 Å². The number of rotatable bonds is 6. The van der Waals surface area contributed by atoms with Crippen molar-refractivity contribution < 1.29 is 28.5 Å². The zero-order valence-corrected chi connectivity index (χ0v) is 18.2. The molecule has 0 spiro atoms. The Hall–Kier alpha value is -2.80. The lowest BCUT2D eigenvalue weighted by Crippen LogP contribution is -2.18. The van der Waals surface area contributed by atoms with Crippen LogP contribution >= 0.6 is 15.9 Å². The lowest BCUT2D eigenvalue weighted by atomic mass is 10.0. The normalized spacial score (nSPS) is 14.0. The number of methoxy groups -OCH3 is 1. The molecule has 2 aromatic carbocycles. The van der Waals surface area contributed by atoms with Gasteiger partial charge in [0.1, 0.15) is 17.2 Å². The Balaban J connectivity index is 1.84. The first kappa shape index (κ1) is 20.9. The quantitative estimate of drug-likeness (QED) is 0.458. The number of hydrogen-bond acceptors (Lipinski definition) is 6. The topological polar surface area (TPSA) is 71.1 Å². The van der Waals surface area contributed by atoms with Crippen molar-refractivity contribution in [3.8, 4) is 17.2 Å². The summed E-state index contributed by atoms with van der Waals surface area (Å²) >= 11 is 3.42. The molecule has 2 aromatic rings. The second kappa shape index (κ2) is 8.69. The predicted molar refractivity (Wildman–Crippen MR) is 112 cm³/mol. The van der Waals surface area contributed by atoms with Gasteiger partial charge in [-0.05, 0) is 56.7 Å². The maximum atomic E-state index is 12.8. The summed E-state index contributed by atoms with van der Waals surface area (Å²) < 4.78 is 22.6. The van der Waals surface area contributed by atoms with Crippen LogP contribution in [0.25, 0.3) is 6.08 Å². The van der Waals surface area contributed by atoms with E-state index in [0.29, 0.717) is 33.9 Å². The number of carbonyl (C=O) groups is 2. The Morgan fingerprint density at radius 2 is 2.00 bits per heavy atom. The first-order valence-electron chi connectivity index (χ1n) is 9.03. The van der Waals surface area contributed by atoms with Crippen molar-refractivity contribution in [2.75, 3.05) is 13.7 Å². The molecule has 0 unspecified atom stereocenters. The lowest BCUT2D eigenvalue weighted by molar-refractivity contribution is -0.149. The van der Waals surface area contributed by atoms with Crippen molar-refractivity contribution in [2.24, 2.45) is 0 Å². The molecule has 3 rings (SSSR count). The van der Waals surface area contributed by atoms with Gasteiger partial charge in [-0.2, -0.15) is 0 Å². The van der Waals surface area contributed by atoms with Crippen LogP contribution in [0, 0.1) is 6.92 Å². The molecule has 1 aliphatic heterocycles. The van der Waals surface area contributed by atoms with E-state index in [0.717, 1.165) is 4.47 Å². The fraction of sp³-hybridized carbons (Fsp3) is 0.273. The Morgan fingerprint density at radius 1 is 1.24 bits per heavy atom. The Kier molecular flexibility index (Phi) is 6.27. The predicted octanol–water partition coefficient (Wildman–Crippen LogP) is 4.71. The van der Waals surface area contributed by atoms with Gasteiger partial charge in [0.15, 0.2) is 12.4 Å². The van der Waals surface area contributed by atoms with Gasteiger partial charge >= 0.3 is 5.97 Å². The smallest absolute Gasteiger partial charge is 0.344 e. The number of halogens is 1. The largest absolute Gasteiger partial charge is 0.496 e. The van der Waals surface area contributed by atoms with E-state index in [-0.39, 0.29) is 24.3 Å². The molecule has 0 saturated heterocycles. The van der Waals surface area contributed by atoms with Crippen LogP contribution in [0.4, 0.5) is 0 Å². The maximum absolute atomic E-state index is 12.8. The van der Waals surface area contributed by atoms with Crippen LogP contribution in [0.1, 0.15) is 35.3 Å². The van der Waals surface area contributed by atoms with E-state index in [9.17, 15) is 9.59 Å². The zero-order chi connectivity index (χ0) is 21.1. The molecule has 0 radical (unpaired) electrons. The van der Waals surface area contributed by atoms with Gasteiger partial charge in [0.05, 0.1) is 18.8 Å². The van der Waals surface area contributed by atoms with Crippen LogP contribution < -0.4 is 14.2 Å². The van der Waals surface area contributed by atoms with E-state index in [2.05, 4.69) is 15.9 Å². The minimum absolute atomic E-state index is 0.191. The molecule has 1 aliphatic rings. The third-order valence-corrected chi connectivity index (χ3v) is 4.64. The molecule has 0 N–H and O–H groups in total. The fourth-order valence-corrected chi connectivity index (χ4v) is 3.34. The molecular formula is C22H21BrO6. The average molecular weight is 461 g/mol. The number of allylic oxidation sites excluding steroid dienone is 1. The third kappa shape index (κ3) is 4.79. The number of hydrogen-bond donors (Lipinski definition) is 0. The van der Waals surface area contributed by atoms with Gasteiger partial charge in [-0.15, -0.1) is 0 Å². The summed E-state index contributed by atoms with van der Waals surface area (Å²) in [6.45, 7) is 5.11. The molecule has 0 bridgehead atoms. The van der Waals surface area contributed by atoms with E-state index >= 15 is 0 Å². The summed E-state index contributed by atoms with van der Waals surface area (Å²) in [5.41, 5.74) is 1.88. The molecular weight excluding hydrogens is 440 g/mol. The summed E-state index contributed by atoms with van der Waals surface area (Å²) in [5, 5.41) is 0. The van der Waals surface area contributed by atoms with E-state index in [1.165, 1.54) is 0 Å². The van der Waals surface area contributed by atoms with E-state index < -0.39 is 5.97 Å². The Bertz CT molecular complexity index is 993. The second-order valence-corrected chi connectivity index (χ2v) is 7.68. The molecule has 7 heteroatoms. The van der Waals surface area contributed by atoms with Gasteiger partial charge in [-0.1, -0.05) is 15.9 Å². The van der Waals surface area contributed by atoms with Gasteiger partial charge in [-0.3, -0.25) is 4.79 Å². The summed E-state index contributed by atoms with van der Waals surface area (Å²) in [6, 6.07) is 8.79. The van der Waals surface area contributed by atoms with Crippen molar-refractivity contribution in [3.05, 3.63) is 57.3 Å². The molecule has 0 fully saturated rings. The van der Waals surface area contributed by atoms with Gasteiger partial charge < -0.3 is 18.9 Å². The standard InChI is InChI=1S/C22H21BrO6/c1-12(2)28-20(24)11-27-16-7-13(3)21-18(10-16)29-19(22(21)25)9-14-8-15(23)5-6-17(14)26-4/h5-10,12H,11H2,1-4H3/b19-9-. The van der Waals surface area contributed by atoms with E-state index in [4.69, 9.17) is 18.9 Å².